The number of fused-ring (bicyclic) bond motifs is 1. The molecule has 5 nitrogen and oxygen atoms in total. The van der Waals surface area contributed by atoms with Crippen LogP contribution in [-0.4, -0.2) is 37.0 Å². The van der Waals surface area contributed by atoms with Gasteiger partial charge in [-0.15, -0.1) is 0 Å². The lowest BCUT2D eigenvalue weighted by atomic mass is 10.1. The highest BCUT2D eigenvalue weighted by Gasteiger charge is 2.24. The minimum atomic E-state index is 0.0484. The Morgan fingerprint density at radius 3 is 2.90 bits per heavy atom. The Balaban J connectivity index is 1.60. The fraction of sp³-hybridized carbons (Fsp3) is 0.312. The minimum Gasteiger partial charge on any atom is -0.497 e. The highest BCUT2D eigenvalue weighted by atomic mass is 16.5. The number of nitrogens with zero attached hydrogens (tertiary/aromatic N) is 1. The van der Waals surface area contributed by atoms with Crippen LogP contribution in [0.15, 0.2) is 48.4 Å². The van der Waals surface area contributed by atoms with Gasteiger partial charge in [0, 0.05) is 12.7 Å². The molecule has 1 N–H and O–H groups in total. The van der Waals surface area contributed by atoms with Crippen molar-refractivity contribution in [3.63, 3.8) is 0 Å². The number of allylic oxidation sites excluding steroid dienone is 1. The molecule has 0 saturated carbocycles. The lowest BCUT2D eigenvalue weighted by molar-refractivity contribution is -0.124. The molecule has 5 heteroatoms. The van der Waals surface area contributed by atoms with Gasteiger partial charge in [-0.25, -0.2) is 0 Å². The first-order valence-corrected chi connectivity index (χ1v) is 6.93. The average molecular weight is 286 g/mol. The Morgan fingerprint density at radius 2 is 2.14 bits per heavy atom. The zero-order valence-corrected chi connectivity index (χ0v) is 11.9. The molecule has 2 aliphatic heterocycles. The summed E-state index contributed by atoms with van der Waals surface area (Å²) in [5, 5.41) is 2.85. The maximum atomic E-state index is 11.4. The summed E-state index contributed by atoms with van der Waals surface area (Å²) in [6, 6.07) is 8.01. The van der Waals surface area contributed by atoms with Crippen LogP contribution in [0.5, 0.6) is 5.75 Å². The lowest BCUT2D eigenvalue weighted by Crippen LogP contribution is -2.52. The molecule has 1 aromatic rings. The van der Waals surface area contributed by atoms with E-state index in [4.69, 9.17) is 9.47 Å². The second kappa shape index (κ2) is 5.91. The van der Waals surface area contributed by atoms with Crippen LogP contribution in [-0.2, 0) is 16.1 Å². The van der Waals surface area contributed by atoms with Crippen molar-refractivity contribution in [3.8, 4) is 5.75 Å². The number of rotatable bonds is 4. The average Bonchev–Trinajstić information content (AvgIpc) is 2.53. The first-order chi connectivity index (χ1) is 10.2. The Hall–Kier alpha value is -2.43. The van der Waals surface area contributed by atoms with Crippen LogP contribution < -0.4 is 10.1 Å². The summed E-state index contributed by atoms with van der Waals surface area (Å²) >= 11 is 0. The van der Waals surface area contributed by atoms with Gasteiger partial charge >= 0.3 is 0 Å². The van der Waals surface area contributed by atoms with Crippen molar-refractivity contribution in [3.05, 3.63) is 53.9 Å². The number of piperazine rings is 1. The van der Waals surface area contributed by atoms with E-state index in [1.807, 2.05) is 41.4 Å². The molecule has 1 unspecified atom stereocenters. The molecule has 1 amide bonds. The third kappa shape index (κ3) is 3.18. The summed E-state index contributed by atoms with van der Waals surface area (Å²) in [6.45, 7) is 1.52. The van der Waals surface area contributed by atoms with E-state index >= 15 is 0 Å². The van der Waals surface area contributed by atoms with Gasteiger partial charge in [-0.2, -0.15) is 0 Å². The molecule has 110 valence electrons. The zero-order chi connectivity index (χ0) is 14.7. The summed E-state index contributed by atoms with van der Waals surface area (Å²) in [7, 11) is 1.65. The van der Waals surface area contributed by atoms with Gasteiger partial charge in [0.05, 0.1) is 19.7 Å². The predicted molar refractivity (Wildman–Crippen MR) is 78.5 cm³/mol. The topological polar surface area (TPSA) is 50.8 Å². The van der Waals surface area contributed by atoms with Crippen LogP contribution in [0, 0.1) is 0 Å². The van der Waals surface area contributed by atoms with Crippen molar-refractivity contribution in [1.82, 2.24) is 10.2 Å². The molecule has 0 bridgehead atoms. The van der Waals surface area contributed by atoms with E-state index in [0.29, 0.717) is 19.7 Å². The van der Waals surface area contributed by atoms with Gasteiger partial charge in [-0.05, 0) is 23.8 Å². The second-order valence-electron chi connectivity index (χ2n) is 5.07. The van der Waals surface area contributed by atoms with E-state index in [1.165, 1.54) is 0 Å². The molecule has 1 atom stereocenters. The highest BCUT2D eigenvalue weighted by molar-refractivity contribution is 5.79. The van der Waals surface area contributed by atoms with Crippen molar-refractivity contribution in [2.24, 2.45) is 0 Å². The minimum absolute atomic E-state index is 0.0484. The second-order valence-corrected chi connectivity index (χ2v) is 5.07. The molecular weight excluding hydrogens is 268 g/mol. The largest absolute Gasteiger partial charge is 0.497 e. The molecule has 0 radical (unpaired) electrons. The molecule has 1 saturated heterocycles. The Morgan fingerprint density at radius 1 is 1.33 bits per heavy atom. The number of ether oxygens (including phenoxy) is 2. The van der Waals surface area contributed by atoms with Crippen LogP contribution in [0.25, 0.3) is 0 Å². The fourth-order valence-electron chi connectivity index (χ4n) is 2.38. The van der Waals surface area contributed by atoms with E-state index in [-0.39, 0.29) is 11.9 Å². The summed E-state index contributed by atoms with van der Waals surface area (Å²) in [6.07, 6.45) is 5.93. The number of carbonyl (C=O) groups excluding carboxylic acids is 1. The van der Waals surface area contributed by atoms with Crippen molar-refractivity contribution in [1.29, 1.82) is 0 Å². The number of nitrogens with one attached hydrogen (secondary N) is 1. The highest BCUT2D eigenvalue weighted by Crippen LogP contribution is 2.18. The lowest BCUT2D eigenvalue weighted by Gasteiger charge is -2.35. The first kappa shape index (κ1) is 13.5. The molecule has 0 aliphatic carbocycles. The number of methoxy groups -OCH3 is 1. The maximum Gasteiger partial charge on any atom is 0.239 e. The van der Waals surface area contributed by atoms with Gasteiger partial charge < -0.3 is 19.7 Å². The smallest absolute Gasteiger partial charge is 0.239 e. The summed E-state index contributed by atoms with van der Waals surface area (Å²) in [5.74, 6) is 1.65. The van der Waals surface area contributed by atoms with Crippen LogP contribution in [0.4, 0.5) is 0 Å². The molecule has 0 aromatic heterocycles. The Bertz CT molecular complexity index is 578. The number of amides is 1. The summed E-state index contributed by atoms with van der Waals surface area (Å²) < 4.78 is 10.9. The van der Waals surface area contributed by atoms with Gasteiger partial charge in [-0.1, -0.05) is 18.2 Å². The Kier molecular flexibility index (Phi) is 3.81. The van der Waals surface area contributed by atoms with E-state index in [9.17, 15) is 4.79 Å². The SMILES string of the molecule is COc1ccc(COC2=CN3CC(=O)NCC3C=C2)cc1. The van der Waals surface area contributed by atoms with Gasteiger partial charge in [0.2, 0.25) is 5.91 Å². The number of carbonyl (C=O) groups is 1. The van der Waals surface area contributed by atoms with Gasteiger partial charge in [0.15, 0.2) is 0 Å². The van der Waals surface area contributed by atoms with Gasteiger partial charge in [0.1, 0.15) is 18.1 Å². The number of hydrogen-bond acceptors (Lipinski definition) is 4. The molecular formula is C16H18N2O3. The van der Waals surface area contributed by atoms with Crippen LogP contribution >= 0.6 is 0 Å². The number of hydrogen-bond donors (Lipinski definition) is 1. The number of benzene rings is 1. The van der Waals surface area contributed by atoms with E-state index in [1.54, 1.807) is 7.11 Å². The van der Waals surface area contributed by atoms with Crippen LogP contribution in [0.3, 0.4) is 0 Å². The fourth-order valence-corrected chi connectivity index (χ4v) is 2.38. The van der Waals surface area contributed by atoms with Crippen molar-refractivity contribution in [2.45, 2.75) is 12.6 Å². The van der Waals surface area contributed by atoms with Crippen molar-refractivity contribution >= 4 is 5.91 Å². The standard InChI is InChI=1S/C16H18N2O3/c1-20-14-5-2-12(3-6-14)11-21-15-7-4-13-8-17-16(19)10-18(13)9-15/h2-7,9,13H,8,10-11H2,1H3,(H,17,19). The third-order valence-electron chi connectivity index (χ3n) is 3.60. The van der Waals surface area contributed by atoms with E-state index in [0.717, 1.165) is 17.1 Å². The first-order valence-electron chi connectivity index (χ1n) is 6.93. The quantitative estimate of drug-likeness (QED) is 0.909. The molecule has 3 rings (SSSR count). The molecule has 0 spiro atoms. The predicted octanol–water partition coefficient (Wildman–Crippen LogP) is 1.42. The molecule has 1 fully saturated rings. The van der Waals surface area contributed by atoms with Gasteiger partial charge in [-0.3, -0.25) is 4.79 Å². The molecule has 2 heterocycles. The van der Waals surface area contributed by atoms with Crippen LogP contribution in [0.1, 0.15) is 5.56 Å². The monoisotopic (exact) mass is 286 g/mol. The van der Waals surface area contributed by atoms with Crippen LogP contribution in [0.2, 0.25) is 0 Å². The normalized spacial score (nSPS) is 20.4. The summed E-state index contributed by atoms with van der Waals surface area (Å²) in [5.41, 5.74) is 1.07. The zero-order valence-electron chi connectivity index (χ0n) is 11.9. The van der Waals surface area contributed by atoms with E-state index < -0.39 is 0 Å². The van der Waals surface area contributed by atoms with Gasteiger partial charge in [0.25, 0.3) is 0 Å². The Labute approximate surface area is 123 Å². The van der Waals surface area contributed by atoms with Crippen molar-refractivity contribution in [2.75, 3.05) is 20.2 Å². The van der Waals surface area contributed by atoms with E-state index in [2.05, 4.69) is 11.4 Å². The summed E-state index contributed by atoms with van der Waals surface area (Å²) in [4.78, 5) is 13.4. The maximum absolute atomic E-state index is 11.4. The molecule has 2 aliphatic rings. The molecule has 21 heavy (non-hydrogen) atoms. The van der Waals surface area contributed by atoms with Crippen molar-refractivity contribution < 1.29 is 14.3 Å². The third-order valence-corrected chi connectivity index (χ3v) is 3.60. The molecule has 1 aromatic carbocycles.